The van der Waals surface area contributed by atoms with E-state index in [2.05, 4.69) is 6.58 Å². The molecule has 0 bridgehead atoms. The first-order valence-electron chi connectivity index (χ1n) is 9.15. The van der Waals surface area contributed by atoms with E-state index in [0.29, 0.717) is 18.4 Å². The summed E-state index contributed by atoms with van der Waals surface area (Å²) in [6.45, 7) is 11.7. The Bertz CT molecular complexity index is 636. The van der Waals surface area contributed by atoms with Gasteiger partial charge in [0.15, 0.2) is 0 Å². The first-order chi connectivity index (χ1) is 11.7. The highest BCUT2D eigenvalue weighted by molar-refractivity contribution is 5.90. The van der Waals surface area contributed by atoms with E-state index in [-0.39, 0.29) is 35.8 Å². The smallest absolute Gasteiger partial charge is 0.334 e. The number of fused-ring (bicyclic) bond motifs is 2. The Labute approximate surface area is 149 Å². The summed E-state index contributed by atoms with van der Waals surface area (Å²) in [5, 5.41) is 10.6. The number of esters is 2. The number of aliphatic hydroxyl groups excluding tert-OH is 1. The third-order valence-corrected chi connectivity index (χ3v) is 6.54. The van der Waals surface area contributed by atoms with Gasteiger partial charge < -0.3 is 14.6 Å². The molecule has 0 aromatic heterocycles. The van der Waals surface area contributed by atoms with Crippen molar-refractivity contribution in [2.24, 2.45) is 23.2 Å². The van der Waals surface area contributed by atoms with Gasteiger partial charge in [0.1, 0.15) is 18.3 Å². The van der Waals surface area contributed by atoms with Gasteiger partial charge in [-0.25, -0.2) is 4.79 Å². The lowest BCUT2D eigenvalue weighted by Crippen LogP contribution is -2.56. The summed E-state index contributed by atoms with van der Waals surface area (Å²) in [5.41, 5.74) is 1.16. The van der Waals surface area contributed by atoms with Crippen LogP contribution in [0, 0.1) is 23.2 Å². The molecule has 3 aliphatic rings. The number of carbonyl (C=O) groups excluding carboxylic acids is 2. The molecule has 25 heavy (non-hydrogen) atoms. The van der Waals surface area contributed by atoms with Gasteiger partial charge in [0.05, 0.1) is 5.92 Å². The number of hydrogen-bond acceptors (Lipinski definition) is 5. The van der Waals surface area contributed by atoms with Crippen LogP contribution in [0.2, 0.25) is 0 Å². The first-order valence-corrected chi connectivity index (χ1v) is 9.15. The molecule has 1 saturated carbocycles. The molecule has 7 atom stereocenters. The van der Waals surface area contributed by atoms with Crippen LogP contribution in [0.1, 0.15) is 47.0 Å². The minimum Gasteiger partial charge on any atom is -0.458 e. The molecular weight excluding hydrogens is 320 g/mol. The third-order valence-electron chi connectivity index (χ3n) is 6.54. The van der Waals surface area contributed by atoms with Crippen LogP contribution >= 0.6 is 0 Å². The SMILES string of the molecule is C=C1C(=O)O[C@@H]2C[C@@]3(C)[C@H](OC(=O)[C@H](C)CC)[C@@H](O)C=C(C)[C@@H]3C[C@H]12. The number of ether oxygens (including phenoxy) is 2. The molecule has 1 heterocycles. The van der Waals surface area contributed by atoms with Crippen molar-refractivity contribution in [3.63, 3.8) is 0 Å². The van der Waals surface area contributed by atoms with Gasteiger partial charge in [0.25, 0.3) is 0 Å². The van der Waals surface area contributed by atoms with Crippen molar-refractivity contribution < 1.29 is 24.2 Å². The molecule has 0 unspecified atom stereocenters. The van der Waals surface area contributed by atoms with Crippen LogP contribution in [0.5, 0.6) is 0 Å². The molecule has 0 amide bonds. The van der Waals surface area contributed by atoms with Crippen LogP contribution in [0.15, 0.2) is 23.8 Å². The molecule has 2 fully saturated rings. The molecule has 0 aromatic rings. The first kappa shape index (κ1) is 18.2. The van der Waals surface area contributed by atoms with Gasteiger partial charge in [0, 0.05) is 16.9 Å². The Balaban J connectivity index is 1.92. The number of aliphatic hydroxyl groups is 1. The van der Waals surface area contributed by atoms with Gasteiger partial charge in [-0.3, -0.25) is 4.79 Å². The van der Waals surface area contributed by atoms with E-state index in [9.17, 15) is 14.7 Å². The van der Waals surface area contributed by atoms with Gasteiger partial charge in [0.2, 0.25) is 0 Å². The number of hydrogen-bond donors (Lipinski definition) is 1. The molecule has 0 radical (unpaired) electrons. The summed E-state index contributed by atoms with van der Waals surface area (Å²) in [6, 6.07) is 0. The van der Waals surface area contributed by atoms with Gasteiger partial charge in [-0.15, -0.1) is 0 Å². The van der Waals surface area contributed by atoms with Crippen molar-refractivity contribution >= 4 is 11.9 Å². The lowest BCUT2D eigenvalue weighted by molar-refractivity contribution is -0.182. The second-order valence-corrected chi connectivity index (χ2v) is 8.14. The van der Waals surface area contributed by atoms with Crippen LogP contribution in [0.25, 0.3) is 0 Å². The molecule has 1 aliphatic heterocycles. The highest BCUT2D eigenvalue weighted by Crippen LogP contribution is 2.56. The zero-order valence-corrected chi connectivity index (χ0v) is 15.5. The lowest BCUT2D eigenvalue weighted by Gasteiger charge is -2.53. The monoisotopic (exact) mass is 348 g/mol. The predicted molar refractivity (Wildman–Crippen MR) is 92.4 cm³/mol. The molecule has 2 aliphatic carbocycles. The van der Waals surface area contributed by atoms with Crippen LogP contribution in [-0.2, 0) is 19.1 Å². The molecule has 0 aromatic carbocycles. The van der Waals surface area contributed by atoms with E-state index in [1.807, 2.05) is 27.7 Å². The second-order valence-electron chi connectivity index (χ2n) is 8.14. The molecule has 5 nitrogen and oxygen atoms in total. The quantitative estimate of drug-likeness (QED) is 0.482. The molecule has 1 saturated heterocycles. The minimum atomic E-state index is -0.842. The maximum atomic E-state index is 12.4. The van der Waals surface area contributed by atoms with E-state index in [4.69, 9.17) is 9.47 Å². The van der Waals surface area contributed by atoms with Crippen molar-refractivity contribution in [3.05, 3.63) is 23.8 Å². The van der Waals surface area contributed by atoms with E-state index in [1.165, 1.54) is 0 Å². The fraction of sp³-hybridized carbons (Fsp3) is 0.700. The van der Waals surface area contributed by atoms with Crippen LogP contribution in [0.4, 0.5) is 0 Å². The number of carbonyl (C=O) groups is 2. The zero-order chi connectivity index (χ0) is 18.5. The van der Waals surface area contributed by atoms with Crippen molar-refractivity contribution in [1.82, 2.24) is 0 Å². The highest BCUT2D eigenvalue weighted by Gasteiger charge is 2.58. The predicted octanol–water partition coefficient (Wildman–Crippen LogP) is 2.78. The van der Waals surface area contributed by atoms with Crippen molar-refractivity contribution in [1.29, 1.82) is 0 Å². The third kappa shape index (κ3) is 2.82. The Morgan fingerprint density at radius 2 is 2.24 bits per heavy atom. The Morgan fingerprint density at radius 1 is 1.56 bits per heavy atom. The van der Waals surface area contributed by atoms with E-state index < -0.39 is 17.6 Å². The van der Waals surface area contributed by atoms with Crippen molar-refractivity contribution in [2.45, 2.75) is 65.3 Å². The fourth-order valence-corrected chi connectivity index (χ4v) is 4.74. The summed E-state index contributed by atoms with van der Waals surface area (Å²) < 4.78 is 11.3. The van der Waals surface area contributed by atoms with E-state index in [1.54, 1.807) is 6.08 Å². The molecule has 1 N–H and O–H groups in total. The lowest BCUT2D eigenvalue weighted by atomic mass is 9.55. The van der Waals surface area contributed by atoms with Crippen molar-refractivity contribution in [2.75, 3.05) is 0 Å². The van der Waals surface area contributed by atoms with Crippen LogP contribution < -0.4 is 0 Å². The Hall–Kier alpha value is -1.62. The number of rotatable bonds is 3. The zero-order valence-electron chi connectivity index (χ0n) is 15.5. The topological polar surface area (TPSA) is 72.8 Å². The van der Waals surface area contributed by atoms with Crippen LogP contribution in [0.3, 0.4) is 0 Å². The van der Waals surface area contributed by atoms with Gasteiger partial charge in [-0.1, -0.05) is 39.0 Å². The average Bonchev–Trinajstić information content (AvgIpc) is 2.82. The highest BCUT2D eigenvalue weighted by atomic mass is 16.6. The summed E-state index contributed by atoms with van der Waals surface area (Å²) in [4.78, 5) is 24.3. The number of allylic oxidation sites excluding steroid dienone is 1. The van der Waals surface area contributed by atoms with Gasteiger partial charge >= 0.3 is 11.9 Å². The normalized spacial score (nSPS) is 41.3. The molecule has 5 heteroatoms. The van der Waals surface area contributed by atoms with E-state index in [0.717, 1.165) is 12.0 Å². The Kier molecular flexibility index (Phi) is 4.56. The molecule has 138 valence electrons. The fourth-order valence-electron chi connectivity index (χ4n) is 4.74. The minimum absolute atomic E-state index is 0.00934. The molecule has 0 spiro atoms. The maximum absolute atomic E-state index is 12.4. The summed E-state index contributed by atoms with van der Waals surface area (Å²) in [5.74, 6) is -0.683. The Morgan fingerprint density at radius 3 is 2.88 bits per heavy atom. The second kappa shape index (κ2) is 6.27. The maximum Gasteiger partial charge on any atom is 0.334 e. The average molecular weight is 348 g/mol. The standard InChI is InChI=1S/C20H28O5/c1-6-10(2)18(22)25-17-15(21)7-11(3)14-8-13-12(4)19(23)24-16(13)9-20(14,17)5/h7,10,13-17,21H,4,6,8-9H2,1-3,5H3/t10-,13-,14+,15+,16-,17-,20-/m1/s1. The summed E-state index contributed by atoms with van der Waals surface area (Å²) in [6.07, 6.45) is 2.07. The van der Waals surface area contributed by atoms with Gasteiger partial charge in [-0.2, -0.15) is 0 Å². The molecule has 3 rings (SSSR count). The van der Waals surface area contributed by atoms with Gasteiger partial charge in [-0.05, 0) is 32.1 Å². The summed E-state index contributed by atoms with van der Waals surface area (Å²) >= 11 is 0. The summed E-state index contributed by atoms with van der Waals surface area (Å²) in [7, 11) is 0. The largest absolute Gasteiger partial charge is 0.458 e. The van der Waals surface area contributed by atoms with Crippen molar-refractivity contribution in [3.8, 4) is 0 Å². The van der Waals surface area contributed by atoms with Crippen LogP contribution in [-0.4, -0.2) is 35.4 Å². The van der Waals surface area contributed by atoms with E-state index >= 15 is 0 Å². The molecular formula is C20H28O5.